The number of esters is 1. The lowest BCUT2D eigenvalue weighted by Crippen LogP contribution is -2.63. The van der Waals surface area contributed by atoms with E-state index in [1.54, 1.807) is 11.0 Å². The molecule has 2 heterocycles. The zero-order valence-corrected chi connectivity index (χ0v) is 13.5. The summed E-state index contributed by atoms with van der Waals surface area (Å²) < 4.78 is 5.21. The maximum absolute atomic E-state index is 12.5. The minimum Gasteiger partial charge on any atom is -0.457 e. The van der Waals surface area contributed by atoms with Crippen LogP contribution in [-0.4, -0.2) is 35.1 Å². The van der Waals surface area contributed by atoms with E-state index in [1.165, 1.54) is 6.42 Å². The van der Waals surface area contributed by atoms with Crippen molar-refractivity contribution < 1.29 is 14.3 Å². The molecule has 1 aliphatic carbocycles. The number of nitrogens with zero attached hydrogens (tertiary/aromatic N) is 1. The molecule has 2 aliphatic heterocycles. The third-order valence-electron chi connectivity index (χ3n) is 4.90. The van der Waals surface area contributed by atoms with Crippen LogP contribution in [0.15, 0.2) is 23.9 Å². The van der Waals surface area contributed by atoms with E-state index in [4.69, 9.17) is 4.74 Å². The van der Waals surface area contributed by atoms with Gasteiger partial charge in [-0.1, -0.05) is 26.0 Å². The topological polar surface area (TPSA) is 46.6 Å². The molecule has 0 aromatic heterocycles. The zero-order valence-electron chi connectivity index (χ0n) is 12.4. The van der Waals surface area contributed by atoms with Crippen LogP contribution in [0.3, 0.4) is 0 Å². The van der Waals surface area contributed by atoms with E-state index < -0.39 is 0 Å². The van der Waals surface area contributed by atoms with Gasteiger partial charge in [0.1, 0.15) is 12.3 Å². The molecule has 4 nitrogen and oxygen atoms in total. The number of hydrogen-bond donors (Lipinski definition) is 0. The summed E-state index contributed by atoms with van der Waals surface area (Å²) in [4.78, 5) is 26.5. The van der Waals surface area contributed by atoms with Crippen molar-refractivity contribution >= 4 is 21.1 Å². The van der Waals surface area contributed by atoms with Crippen molar-refractivity contribution in [1.82, 2.24) is 4.90 Å². The molecule has 0 bridgehead atoms. The van der Waals surface area contributed by atoms with Crippen molar-refractivity contribution in [3.8, 4) is 0 Å². The van der Waals surface area contributed by atoms with E-state index in [0.29, 0.717) is 11.6 Å². The van der Waals surface area contributed by atoms with Crippen LogP contribution in [-0.2, 0) is 14.3 Å². The molecule has 114 valence electrons. The lowest BCUT2D eigenvalue weighted by molar-refractivity contribution is -0.157. The summed E-state index contributed by atoms with van der Waals surface area (Å²) in [6.45, 7) is 5.81. The molecule has 21 heavy (non-hydrogen) atoms. The van der Waals surface area contributed by atoms with Gasteiger partial charge in [0.25, 0.3) is 0 Å². The van der Waals surface area contributed by atoms with Gasteiger partial charge < -0.3 is 9.64 Å². The first-order valence-corrected chi connectivity index (χ1v) is 8.34. The number of rotatable bonds is 4. The number of fused-ring (bicyclic) bond motifs is 3. The van der Waals surface area contributed by atoms with Gasteiger partial charge in [-0.05, 0) is 30.5 Å². The Morgan fingerprint density at radius 3 is 3.00 bits per heavy atom. The van der Waals surface area contributed by atoms with Crippen LogP contribution < -0.4 is 0 Å². The molecule has 0 N–H and O–H groups in total. The minimum absolute atomic E-state index is 0.0257. The third-order valence-corrected chi connectivity index (χ3v) is 5.31. The number of carbonyl (C=O) groups is 2. The first-order chi connectivity index (χ1) is 10.1. The lowest BCUT2D eigenvalue weighted by Gasteiger charge is -2.48. The first-order valence-electron chi connectivity index (χ1n) is 7.67. The molecule has 0 aromatic rings. The molecule has 5 atom stereocenters. The third kappa shape index (κ3) is 2.15. The summed E-state index contributed by atoms with van der Waals surface area (Å²) in [5.41, 5.74) is 1.94. The maximum atomic E-state index is 12.5. The van der Waals surface area contributed by atoms with Gasteiger partial charge in [-0.2, -0.15) is 0 Å². The van der Waals surface area contributed by atoms with E-state index in [9.17, 15) is 9.59 Å². The molecule has 3 rings (SSSR count). The van der Waals surface area contributed by atoms with Gasteiger partial charge in [-0.15, -0.1) is 9.24 Å². The van der Waals surface area contributed by atoms with Gasteiger partial charge in [-0.25, -0.2) is 4.79 Å². The van der Waals surface area contributed by atoms with Gasteiger partial charge in [0.15, 0.2) is 0 Å². The molecule has 5 heteroatoms. The molecular formula is C16H22NO3P. The van der Waals surface area contributed by atoms with Crippen LogP contribution >= 0.6 is 9.24 Å². The number of amides is 1. The Labute approximate surface area is 127 Å². The fourth-order valence-electron chi connectivity index (χ4n) is 4.05. The highest BCUT2D eigenvalue weighted by Crippen LogP contribution is 2.53. The van der Waals surface area contributed by atoms with Gasteiger partial charge in [0, 0.05) is 5.92 Å². The second-order valence-electron chi connectivity index (χ2n) is 6.20. The van der Waals surface area contributed by atoms with Crippen molar-refractivity contribution in [2.45, 2.75) is 44.3 Å². The number of β-lactam (4-membered cyclic amide) rings is 1. The Hall–Kier alpha value is -1.15. The maximum Gasteiger partial charge on any atom is 0.355 e. The predicted octanol–water partition coefficient (Wildman–Crippen LogP) is 2.26. The molecule has 1 amide bonds. The number of hydrogen-bond acceptors (Lipinski definition) is 3. The van der Waals surface area contributed by atoms with Crippen molar-refractivity contribution in [1.29, 1.82) is 0 Å². The van der Waals surface area contributed by atoms with Crippen molar-refractivity contribution in [3.05, 3.63) is 23.9 Å². The van der Waals surface area contributed by atoms with Crippen LogP contribution in [0.1, 0.15) is 32.6 Å². The molecule has 3 aliphatic rings. The number of carbonyl (C=O) groups excluding carboxylic acids is 2. The second-order valence-corrected chi connectivity index (χ2v) is 7.25. The average Bonchev–Trinajstić information content (AvgIpc) is 2.75. The van der Waals surface area contributed by atoms with Crippen LogP contribution in [0, 0.1) is 11.8 Å². The molecule has 0 aromatic carbocycles. The zero-order chi connectivity index (χ0) is 15.1. The molecule has 0 radical (unpaired) electrons. The van der Waals surface area contributed by atoms with Crippen LogP contribution in [0.5, 0.6) is 0 Å². The predicted molar refractivity (Wildman–Crippen MR) is 83.4 cm³/mol. The number of ether oxygens (including phenoxy) is 1. The van der Waals surface area contributed by atoms with E-state index in [2.05, 4.69) is 22.7 Å². The summed E-state index contributed by atoms with van der Waals surface area (Å²) >= 11 is 0. The van der Waals surface area contributed by atoms with Crippen molar-refractivity contribution in [3.63, 3.8) is 0 Å². The van der Waals surface area contributed by atoms with Crippen LogP contribution in [0.4, 0.5) is 0 Å². The molecular weight excluding hydrogens is 285 g/mol. The molecule has 1 saturated carbocycles. The molecule has 0 spiro atoms. The summed E-state index contributed by atoms with van der Waals surface area (Å²) in [5.74, 6) is 0.103. The smallest absolute Gasteiger partial charge is 0.355 e. The van der Waals surface area contributed by atoms with Crippen molar-refractivity contribution in [2.24, 2.45) is 11.8 Å². The highest BCUT2D eigenvalue weighted by atomic mass is 31.0. The standard InChI is InChI=1S/C16H22NO3P/c1-3-8-20-16(19)14-11-7-5-4-6-10(11)13-12(9(2)21)15(18)17(13)14/h3,9-10,12-13H,1,4-8,21H2,2H3/t9?,10?,12-,13?/m1/s1. The van der Waals surface area contributed by atoms with E-state index in [-0.39, 0.29) is 36.1 Å². The van der Waals surface area contributed by atoms with Crippen LogP contribution in [0.25, 0.3) is 0 Å². The summed E-state index contributed by atoms with van der Waals surface area (Å²) in [7, 11) is 2.74. The second kappa shape index (κ2) is 5.57. The Morgan fingerprint density at radius 2 is 2.33 bits per heavy atom. The SMILES string of the molecule is C=CCOC(=O)C1=C2CCCCC2C2[C@@H](C(C)P)C(=O)N12. The summed E-state index contributed by atoms with van der Waals surface area (Å²) in [5, 5.41) is 0. The van der Waals surface area contributed by atoms with E-state index in [1.807, 2.05) is 0 Å². The summed E-state index contributed by atoms with van der Waals surface area (Å²) in [6, 6.07) is 0.173. The average molecular weight is 307 g/mol. The van der Waals surface area contributed by atoms with Gasteiger partial charge in [0.2, 0.25) is 5.91 Å². The molecule has 2 fully saturated rings. The Kier molecular flexibility index (Phi) is 3.92. The largest absolute Gasteiger partial charge is 0.457 e. The monoisotopic (exact) mass is 307 g/mol. The Balaban J connectivity index is 1.92. The van der Waals surface area contributed by atoms with E-state index >= 15 is 0 Å². The first kappa shape index (κ1) is 14.8. The highest BCUT2D eigenvalue weighted by molar-refractivity contribution is 7.17. The van der Waals surface area contributed by atoms with E-state index in [0.717, 1.165) is 24.8 Å². The van der Waals surface area contributed by atoms with Gasteiger partial charge in [-0.3, -0.25) is 4.79 Å². The van der Waals surface area contributed by atoms with Gasteiger partial charge >= 0.3 is 5.97 Å². The quantitative estimate of drug-likeness (QED) is 0.346. The molecule has 4 unspecified atom stereocenters. The van der Waals surface area contributed by atoms with Gasteiger partial charge in [0.05, 0.1) is 12.0 Å². The minimum atomic E-state index is -0.359. The Bertz CT molecular complexity index is 526. The van der Waals surface area contributed by atoms with Crippen LogP contribution in [0.2, 0.25) is 0 Å². The highest BCUT2D eigenvalue weighted by Gasteiger charge is 2.60. The normalized spacial score (nSPS) is 32.2. The lowest BCUT2D eigenvalue weighted by atomic mass is 9.73. The fourth-order valence-corrected chi connectivity index (χ4v) is 4.45. The fraction of sp³-hybridized carbons (Fsp3) is 0.625. The molecule has 1 saturated heterocycles. The Morgan fingerprint density at radius 1 is 1.57 bits per heavy atom. The van der Waals surface area contributed by atoms with Crippen molar-refractivity contribution in [2.75, 3.05) is 6.61 Å². The summed E-state index contributed by atoms with van der Waals surface area (Å²) in [6.07, 6.45) is 5.83.